The minimum Gasteiger partial charge on any atom is -0.493 e. The van der Waals surface area contributed by atoms with Gasteiger partial charge < -0.3 is 28.4 Å². The predicted molar refractivity (Wildman–Crippen MR) is 132 cm³/mol. The normalized spacial score (nSPS) is 29.4. The van der Waals surface area contributed by atoms with E-state index in [9.17, 15) is 0 Å². The van der Waals surface area contributed by atoms with E-state index in [0.29, 0.717) is 11.5 Å². The first-order chi connectivity index (χ1) is 17.0. The summed E-state index contributed by atoms with van der Waals surface area (Å²) in [6.45, 7) is 5.77. The van der Waals surface area contributed by atoms with Gasteiger partial charge in [0.05, 0.1) is 20.3 Å². The molecule has 7 heteroatoms. The molecule has 7 nitrogen and oxygen atoms in total. The molecule has 2 aliphatic heterocycles. The second kappa shape index (κ2) is 9.91. The summed E-state index contributed by atoms with van der Waals surface area (Å²) in [6.07, 6.45) is 1.61. The number of hydrogen-bond donors (Lipinski definition) is 0. The molecule has 0 spiro atoms. The van der Waals surface area contributed by atoms with E-state index in [2.05, 4.69) is 53.4 Å². The number of fused-ring (bicyclic) bond motifs is 3. The molecule has 5 rings (SSSR count). The maximum absolute atomic E-state index is 6.46. The van der Waals surface area contributed by atoms with Crippen molar-refractivity contribution < 1.29 is 28.4 Å². The number of ether oxygens (including phenoxy) is 6. The number of nitrogens with zero attached hydrogens (tertiary/aromatic N) is 1. The van der Waals surface area contributed by atoms with Crippen molar-refractivity contribution in [2.24, 2.45) is 0 Å². The van der Waals surface area contributed by atoms with Gasteiger partial charge in [-0.1, -0.05) is 42.5 Å². The molecule has 0 N–H and O–H groups in total. The average molecular weight is 482 g/mol. The van der Waals surface area contributed by atoms with Crippen LogP contribution in [0.4, 0.5) is 0 Å². The highest BCUT2D eigenvalue weighted by Gasteiger charge is 2.58. The van der Waals surface area contributed by atoms with Gasteiger partial charge >= 0.3 is 0 Å². The van der Waals surface area contributed by atoms with E-state index in [-0.39, 0.29) is 37.1 Å². The van der Waals surface area contributed by atoms with Crippen molar-refractivity contribution in [2.75, 3.05) is 34.7 Å². The molecule has 35 heavy (non-hydrogen) atoms. The van der Waals surface area contributed by atoms with Crippen LogP contribution in [-0.2, 0) is 25.5 Å². The highest BCUT2D eigenvalue weighted by Crippen LogP contribution is 2.51. The monoisotopic (exact) mass is 481 g/mol. The molecule has 0 radical (unpaired) electrons. The average Bonchev–Trinajstić information content (AvgIpc) is 3.42. The van der Waals surface area contributed by atoms with Gasteiger partial charge in [-0.2, -0.15) is 0 Å². The minimum atomic E-state index is -0.700. The Balaban J connectivity index is 1.59. The lowest BCUT2D eigenvalue weighted by Crippen LogP contribution is -2.56. The van der Waals surface area contributed by atoms with Gasteiger partial charge in [-0.05, 0) is 42.7 Å². The van der Waals surface area contributed by atoms with Crippen molar-refractivity contribution in [2.45, 2.75) is 56.5 Å². The van der Waals surface area contributed by atoms with Crippen LogP contribution in [0.2, 0.25) is 0 Å². The zero-order chi connectivity index (χ0) is 24.6. The molecule has 1 saturated heterocycles. The van der Waals surface area contributed by atoms with Gasteiger partial charge in [0.2, 0.25) is 0 Å². The van der Waals surface area contributed by atoms with Crippen molar-refractivity contribution in [3.63, 3.8) is 0 Å². The summed E-state index contributed by atoms with van der Waals surface area (Å²) in [7, 11) is 4.96. The third-order valence-corrected chi connectivity index (χ3v) is 7.17. The molecule has 0 unspecified atom stereocenters. The molecule has 0 amide bonds. The molecule has 2 fully saturated rings. The Kier molecular flexibility index (Phi) is 6.88. The summed E-state index contributed by atoms with van der Waals surface area (Å²) in [5.74, 6) is 0.666. The van der Waals surface area contributed by atoms with Gasteiger partial charge in [0.1, 0.15) is 19.0 Å². The van der Waals surface area contributed by atoms with Crippen LogP contribution in [0.15, 0.2) is 60.2 Å². The van der Waals surface area contributed by atoms with Crippen LogP contribution < -0.4 is 9.47 Å². The summed E-state index contributed by atoms with van der Waals surface area (Å²) in [5, 5.41) is 0. The topological polar surface area (TPSA) is 58.6 Å². The molecule has 2 aromatic rings. The Bertz CT molecular complexity index is 1050. The van der Waals surface area contributed by atoms with Crippen molar-refractivity contribution >= 4 is 0 Å². The molecule has 1 aliphatic carbocycles. The van der Waals surface area contributed by atoms with Crippen molar-refractivity contribution in [1.82, 2.24) is 4.90 Å². The van der Waals surface area contributed by atoms with E-state index in [0.717, 1.165) is 18.7 Å². The standard InChI is InChI=1S/C28H35NO6/c1-28(2)34-25-20-13-14-29(16-18-9-7-6-8-10-18)24(20)23(26(27(25)35-28)33-17-30-3)19-11-12-21(31-4)22(15-19)32-5/h6-13,15,23-27H,14,16-17H2,1-5H3/t23-,24+,25-,26-,27+/m1/s1. The van der Waals surface area contributed by atoms with Gasteiger partial charge in [0.15, 0.2) is 17.3 Å². The Hall–Kier alpha value is -2.42. The van der Waals surface area contributed by atoms with Gasteiger partial charge in [-0.15, -0.1) is 0 Å². The fourth-order valence-corrected chi connectivity index (χ4v) is 5.82. The van der Waals surface area contributed by atoms with E-state index in [1.165, 1.54) is 11.1 Å². The van der Waals surface area contributed by atoms with E-state index in [1.807, 2.05) is 19.9 Å². The molecule has 2 heterocycles. The van der Waals surface area contributed by atoms with Crippen LogP contribution in [0.3, 0.4) is 0 Å². The predicted octanol–water partition coefficient (Wildman–Crippen LogP) is 4.12. The molecule has 1 saturated carbocycles. The summed E-state index contributed by atoms with van der Waals surface area (Å²) < 4.78 is 35.8. The molecule has 188 valence electrons. The summed E-state index contributed by atoms with van der Waals surface area (Å²) >= 11 is 0. The lowest BCUT2D eigenvalue weighted by molar-refractivity contribution is -0.174. The maximum atomic E-state index is 6.46. The lowest BCUT2D eigenvalue weighted by Gasteiger charge is -2.46. The SMILES string of the molecule is COCO[C@H]1[C@H]2OC(C)(C)O[C@@H]2C2=CCN(Cc3ccccc3)[C@@H]2[C@H]1c1ccc(OC)c(OC)c1. The first kappa shape index (κ1) is 24.3. The molecular formula is C28H35NO6. The lowest BCUT2D eigenvalue weighted by atomic mass is 9.72. The number of hydrogen-bond acceptors (Lipinski definition) is 7. The van der Waals surface area contributed by atoms with Crippen molar-refractivity contribution in [1.29, 1.82) is 0 Å². The molecule has 3 aliphatic rings. The second-order valence-corrected chi connectivity index (χ2v) is 9.76. The highest BCUT2D eigenvalue weighted by molar-refractivity contribution is 5.47. The fourth-order valence-electron chi connectivity index (χ4n) is 5.82. The van der Waals surface area contributed by atoms with Crippen molar-refractivity contribution in [3.05, 3.63) is 71.3 Å². The minimum absolute atomic E-state index is 0.0267. The molecule has 5 atom stereocenters. The van der Waals surface area contributed by atoms with Gasteiger partial charge in [-0.3, -0.25) is 4.90 Å². The number of rotatable bonds is 8. The van der Waals surface area contributed by atoms with E-state index in [4.69, 9.17) is 28.4 Å². The Labute approximate surface area is 207 Å². The largest absolute Gasteiger partial charge is 0.493 e. The van der Waals surface area contributed by atoms with Gasteiger partial charge in [0, 0.05) is 32.2 Å². The van der Waals surface area contributed by atoms with Crippen LogP contribution >= 0.6 is 0 Å². The maximum Gasteiger partial charge on any atom is 0.164 e. The Morgan fingerprint density at radius 3 is 2.46 bits per heavy atom. The second-order valence-electron chi connectivity index (χ2n) is 9.76. The number of methoxy groups -OCH3 is 3. The van der Waals surface area contributed by atoms with E-state index < -0.39 is 5.79 Å². The first-order valence-corrected chi connectivity index (χ1v) is 12.1. The smallest absolute Gasteiger partial charge is 0.164 e. The van der Waals surface area contributed by atoms with Crippen LogP contribution in [-0.4, -0.2) is 69.7 Å². The molecular weight excluding hydrogens is 446 g/mol. The summed E-state index contributed by atoms with van der Waals surface area (Å²) in [6, 6.07) is 16.8. The molecule has 2 aromatic carbocycles. The zero-order valence-electron chi connectivity index (χ0n) is 21.1. The van der Waals surface area contributed by atoms with Gasteiger partial charge in [0.25, 0.3) is 0 Å². The Morgan fingerprint density at radius 2 is 1.74 bits per heavy atom. The van der Waals surface area contributed by atoms with Gasteiger partial charge in [-0.25, -0.2) is 0 Å². The quantitative estimate of drug-likeness (QED) is 0.415. The first-order valence-electron chi connectivity index (χ1n) is 12.1. The van der Waals surface area contributed by atoms with Crippen LogP contribution in [0.1, 0.15) is 30.9 Å². The van der Waals surface area contributed by atoms with Crippen LogP contribution in [0.25, 0.3) is 0 Å². The third kappa shape index (κ3) is 4.59. The van der Waals surface area contributed by atoms with Crippen molar-refractivity contribution in [3.8, 4) is 11.5 Å². The fraction of sp³-hybridized carbons (Fsp3) is 0.500. The Morgan fingerprint density at radius 1 is 0.971 bits per heavy atom. The summed E-state index contributed by atoms with van der Waals surface area (Å²) in [5.41, 5.74) is 3.63. The van der Waals surface area contributed by atoms with Crippen LogP contribution in [0.5, 0.6) is 11.5 Å². The zero-order valence-corrected chi connectivity index (χ0v) is 21.1. The van der Waals surface area contributed by atoms with E-state index in [1.54, 1.807) is 21.3 Å². The summed E-state index contributed by atoms with van der Waals surface area (Å²) in [4.78, 5) is 2.50. The third-order valence-electron chi connectivity index (χ3n) is 7.17. The molecule has 0 aromatic heterocycles. The highest BCUT2D eigenvalue weighted by atomic mass is 16.8. The number of benzene rings is 2. The van der Waals surface area contributed by atoms with Crippen LogP contribution in [0, 0.1) is 0 Å². The van der Waals surface area contributed by atoms with E-state index >= 15 is 0 Å². The molecule has 0 bridgehead atoms.